The molecule has 1 aromatic rings. The van der Waals surface area contributed by atoms with E-state index in [1.54, 1.807) is 21.6 Å². The highest BCUT2D eigenvalue weighted by molar-refractivity contribution is 8.02. The van der Waals surface area contributed by atoms with Crippen molar-refractivity contribution in [2.75, 3.05) is 31.1 Å². The number of para-hydroxylation sites is 1. The number of thioether (sulfide) groups is 1. The summed E-state index contributed by atoms with van der Waals surface area (Å²) < 4.78 is -0.786. The molecule has 0 radical (unpaired) electrons. The lowest BCUT2D eigenvalue weighted by Crippen LogP contribution is -2.54. The van der Waals surface area contributed by atoms with Gasteiger partial charge in [0.25, 0.3) is 0 Å². The minimum Gasteiger partial charge on any atom is -0.396 e. The van der Waals surface area contributed by atoms with Crippen LogP contribution in [0.2, 0.25) is 0 Å². The van der Waals surface area contributed by atoms with Gasteiger partial charge in [-0.25, -0.2) is 0 Å². The SMILES string of the molecule is CC(C)N1CC=C[C@]23S[C@H]4C=CCN(c5ccccc5)C(=O)[C@H]4[C@H]2C(=O)N(CCCCO)C3C1=O. The van der Waals surface area contributed by atoms with Crippen molar-refractivity contribution in [1.82, 2.24) is 9.80 Å². The second kappa shape index (κ2) is 9.47. The van der Waals surface area contributed by atoms with Crippen LogP contribution in [-0.2, 0) is 14.4 Å². The number of benzene rings is 1. The van der Waals surface area contributed by atoms with E-state index in [9.17, 15) is 19.5 Å². The van der Waals surface area contributed by atoms with Crippen LogP contribution in [0.5, 0.6) is 0 Å². The fraction of sp³-hybridized carbons (Fsp3) is 0.519. The molecule has 1 aromatic carbocycles. The number of aliphatic hydroxyl groups is 1. The van der Waals surface area contributed by atoms with Gasteiger partial charge < -0.3 is 19.8 Å². The van der Waals surface area contributed by atoms with Crippen LogP contribution in [0.15, 0.2) is 54.6 Å². The molecule has 5 atom stereocenters. The van der Waals surface area contributed by atoms with Crippen molar-refractivity contribution in [2.45, 2.75) is 48.8 Å². The van der Waals surface area contributed by atoms with Gasteiger partial charge in [0.05, 0.1) is 16.6 Å². The van der Waals surface area contributed by atoms with E-state index in [4.69, 9.17) is 0 Å². The summed E-state index contributed by atoms with van der Waals surface area (Å²) in [4.78, 5) is 47.4. The van der Waals surface area contributed by atoms with E-state index in [1.165, 1.54) is 0 Å². The van der Waals surface area contributed by atoms with Crippen LogP contribution in [0.4, 0.5) is 5.69 Å². The second-order valence-electron chi connectivity index (χ2n) is 10.0. The molecule has 4 aliphatic heterocycles. The number of carbonyl (C=O) groups excluding carboxylic acids is 3. The van der Waals surface area contributed by atoms with Gasteiger partial charge in [0.2, 0.25) is 17.7 Å². The quantitative estimate of drug-likeness (QED) is 0.484. The number of fused-ring (bicyclic) bond motifs is 2. The first-order valence-corrected chi connectivity index (χ1v) is 13.4. The Morgan fingerprint density at radius 2 is 1.80 bits per heavy atom. The third-order valence-corrected chi connectivity index (χ3v) is 9.43. The maximum atomic E-state index is 14.1. The van der Waals surface area contributed by atoms with Crippen LogP contribution in [0.1, 0.15) is 26.7 Å². The third-order valence-electron chi connectivity index (χ3n) is 7.69. The van der Waals surface area contributed by atoms with Crippen molar-refractivity contribution < 1.29 is 19.5 Å². The molecular formula is C27H33N3O4S. The van der Waals surface area contributed by atoms with Gasteiger partial charge in [-0.05, 0) is 38.8 Å². The molecule has 2 saturated heterocycles. The molecule has 186 valence electrons. The fourth-order valence-corrected chi connectivity index (χ4v) is 8.10. The molecule has 7 nitrogen and oxygen atoms in total. The molecule has 1 spiro atoms. The molecule has 0 bridgehead atoms. The Bertz CT molecular complexity index is 1060. The Morgan fingerprint density at radius 1 is 1.03 bits per heavy atom. The molecule has 4 heterocycles. The molecule has 0 aromatic heterocycles. The lowest BCUT2D eigenvalue weighted by Gasteiger charge is -2.36. The lowest BCUT2D eigenvalue weighted by atomic mass is 9.78. The van der Waals surface area contributed by atoms with Gasteiger partial charge in [0, 0.05) is 43.2 Å². The lowest BCUT2D eigenvalue weighted by molar-refractivity contribution is -0.143. The zero-order chi connectivity index (χ0) is 24.7. The van der Waals surface area contributed by atoms with Gasteiger partial charge in [-0.3, -0.25) is 14.4 Å². The number of amides is 3. The van der Waals surface area contributed by atoms with Gasteiger partial charge in [0.1, 0.15) is 6.04 Å². The largest absolute Gasteiger partial charge is 0.396 e. The Kier molecular flexibility index (Phi) is 6.53. The van der Waals surface area contributed by atoms with Gasteiger partial charge in [-0.1, -0.05) is 42.5 Å². The smallest absolute Gasteiger partial charge is 0.247 e. The van der Waals surface area contributed by atoms with E-state index < -0.39 is 22.6 Å². The molecule has 1 unspecified atom stereocenters. The highest BCUT2D eigenvalue weighted by Gasteiger charge is 2.71. The number of hydrogen-bond acceptors (Lipinski definition) is 5. The summed E-state index contributed by atoms with van der Waals surface area (Å²) in [5.74, 6) is -1.38. The average Bonchev–Trinajstić information content (AvgIpc) is 3.14. The molecule has 5 rings (SSSR count). The van der Waals surface area contributed by atoms with Crippen molar-refractivity contribution in [3.8, 4) is 0 Å². The van der Waals surface area contributed by atoms with E-state index >= 15 is 0 Å². The average molecular weight is 496 g/mol. The summed E-state index contributed by atoms with van der Waals surface area (Å²) in [5.41, 5.74) is 0.814. The van der Waals surface area contributed by atoms with Gasteiger partial charge in [-0.2, -0.15) is 0 Å². The number of carbonyl (C=O) groups is 3. The molecular weight excluding hydrogens is 462 g/mol. The molecule has 0 aliphatic carbocycles. The molecule has 0 saturated carbocycles. The Balaban J connectivity index is 1.58. The van der Waals surface area contributed by atoms with Crippen molar-refractivity contribution in [3.63, 3.8) is 0 Å². The van der Waals surface area contributed by atoms with E-state index in [0.717, 1.165) is 5.69 Å². The summed E-state index contributed by atoms with van der Waals surface area (Å²) in [6, 6.07) is 8.92. The van der Waals surface area contributed by atoms with Crippen LogP contribution >= 0.6 is 11.8 Å². The monoisotopic (exact) mass is 495 g/mol. The van der Waals surface area contributed by atoms with Crippen LogP contribution in [0.25, 0.3) is 0 Å². The zero-order valence-corrected chi connectivity index (χ0v) is 21.1. The minimum absolute atomic E-state index is 0.00252. The first-order valence-electron chi connectivity index (χ1n) is 12.5. The predicted molar refractivity (Wildman–Crippen MR) is 137 cm³/mol. The number of nitrogens with zero attached hydrogens (tertiary/aromatic N) is 3. The first-order chi connectivity index (χ1) is 16.9. The highest BCUT2D eigenvalue weighted by atomic mass is 32.2. The van der Waals surface area contributed by atoms with Crippen molar-refractivity contribution in [1.29, 1.82) is 0 Å². The number of rotatable bonds is 6. The maximum Gasteiger partial charge on any atom is 0.247 e. The molecule has 35 heavy (non-hydrogen) atoms. The van der Waals surface area contributed by atoms with Crippen molar-refractivity contribution in [2.24, 2.45) is 11.8 Å². The van der Waals surface area contributed by atoms with Crippen LogP contribution in [0.3, 0.4) is 0 Å². The molecule has 1 N–H and O–H groups in total. The predicted octanol–water partition coefficient (Wildman–Crippen LogP) is 2.47. The Labute approximate surface area is 210 Å². The summed E-state index contributed by atoms with van der Waals surface area (Å²) in [5, 5.41) is 9.15. The summed E-state index contributed by atoms with van der Waals surface area (Å²) in [6.45, 7) is 5.38. The third kappa shape index (κ3) is 3.82. The Hall–Kier alpha value is -2.58. The number of unbranched alkanes of at least 4 members (excludes halogenated alkanes) is 1. The number of aliphatic hydroxyl groups excluding tert-OH is 1. The standard InChI is InChI=1S/C27H33N3O4S/c1-18(2)28-16-9-13-27-22(25(33)30(14-6-7-17-31)23(27)26(28)34)21-20(35-27)12-8-15-29(24(21)32)19-10-4-3-5-11-19/h3-5,8-13,18,20-23,31H,6-7,14-17H2,1-2H3/t20-,21+,22-,23?,27-/m0/s1. The highest BCUT2D eigenvalue weighted by Crippen LogP contribution is 2.61. The van der Waals surface area contributed by atoms with E-state index in [1.807, 2.05) is 61.2 Å². The second-order valence-corrected chi connectivity index (χ2v) is 11.5. The summed E-state index contributed by atoms with van der Waals surface area (Å²) in [7, 11) is 0. The van der Waals surface area contributed by atoms with Crippen molar-refractivity contribution >= 4 is 35.2 Å². The van der Waals surface area contributed by atoms with Gasteiger partial charge >= 0.3 is 0 Å². The Morgan fingerprint density at radius 3 is 2.51 bits per heavy atom. The van der Waals surface area contributed by atoms with Crippen LogP contribution < -0.4 is 4.90 Å². The number of hydrogen-bond donors (Lipinski definition) is 1. The minimum atomic E-state index is -0.786. The number of likely N-dealkylation sites (tertiary alicyclic amines) is 1. The number of anilines is 1. The topological polar surface area (TPSA) is 81.2 Å². The van der Waals surface area contributed by atoms with E-state index in [2.05, 4.69) is 12.2 Å². The molecule has 3 amide bonds. The van der Waals surface area contributed by atoms with Crippen LogP contribution in [0, 0.1) is 11.8 Å². The molecule has 8 heteroatoms. The van der Waals surface area contributed by atoms with E-state index in [0.29, 0.717) is 32.5 Å². The molecule has 2 fully saturated rings. The fourth-order valence-electron chi connectivity index (χ4n) is 6.09. The normalized spacial score (nSPS) is 32.1. The zero-order valence-electron chi connectivity index (χ0n) is 20.2. The van der Waals surface area contributed by atoms with E-state index in [-0.39, 0.29) is 35.6 Å². The van der Waals surface area contributed by atoms with Gasteiger partial charge in [0.15, 0.2) is 0 Å². The van der Waals surface area contributed by atoms with Gasteiger partial charge in [-0.15, -0.1) is 11.8 Å². The first kappa shape index (κ1) is 24.1. The van der Waals surface area contributed by atoms with Crippen molar-refractivity contribution in [3.05, 3.63) is 54.6 Å². The summed E-state index contributed by atoms with van der Waals surface area (Å²) >= 11 is 1.61. The summed E-state index contributed by atoms with van der Waals surface area (Å²) in [6.07, 6.45) is 9.32. The molecule has 4 aliphatic rings. The van der Waals surface area contributed by atoms with Crippen LogP contribution in [-0.4, -0.2) is 80.9 Å². The maximum absolute atomic E-state index is 14.1.